The topological polar surface area (TPSA) is 42.1 Å². The highest BCUT2D eigenvalue weighted by molar-refractivity contribution is 7.18. The average molecular weight is 425 g/mol. The van der Waals surface area contributed by atoms with Crippen molar-refractivity contribution in [3.63, 3.8) is 0 Å². The van der Waals surface area contributed by atoms with Crippen LogP contribution >= 0.6 is 11.3 Å². The number of amides is 1. The van der Waals surface area contributed by atoms with E-state index >= 15 is 0 Å². The number of thiazole rings is 1. The third kappa shape index (κ3) is 4.89. The van der Waals surface area contributed by atoms with E-state index in [0.717, 1.165) is 43.2 Å². The van der Waals surface area contributed by atoms with Crippen molar-refractivity contribution >= 4 is 27.5 Å². The molecule has 5 nitrogen and oxygen atoms in total. The van der Waals surface area contributed by atoms with E-state index in [4.69, 9.17) is 4.98 Å². The zero-order valence-corrected chi connectivity index (χ0v) is 19.0. The molecule has 6 heteroatoms. The summed E-state index contributed by atoms with van der Waals surface area (Å²) in [5.41, 5.74) is 3.75. The van der Waals surface area contributed by atoms with Crippen molar-refractivity contribution in [2.75, 3.05) is 39.8 Å². The molecule has 1 fully saturated rings. The predicted octanol–water partition coefficient (Wildman–Crippen LogP) is 1.11. The average Bonchev–Trinajstić information content (AvgIpc) is 3.18. The molecule has 1 aliphatic heterocycles. The number of hydrogen-bond acceptors (Lipinski definition) is 3. The van der Waals surface area contributed by atoms with Crippen molar-refractivity contribution in [1.82, 2.24) is 9.88 Å². The summed E-state index contributed by atoms with van der Waals surface area (Å²) in [7, 11) is 1.91. The molecule has 2 aromatic carbocycles. The van der Waals surface area contributed by atoms with Gasteiger partial charge in [0.25, 0.3) is 5.91 Å². The van der Waals surface area contributed by atoms with Gasteiger partial charge in [0.2, 0.25) is 0 Å². The fourth-order valence-electron chi connectivity index (χ4n) is 4.21. The Morgan fingerprint density at radius 1 is 1.10 bits per heavy atom. The molecular formula is C24H32N4OS+2. The minimum atomic E-state index is 0.00235. The standard InChI is InChI=1S/C24H30N4OS/c1-18-7-6-8-20(15-18)16-27-11-13-28(14-12-27)17-23(29)26(3)19(2)24-25-21-9-4-5-10-22(21)30-24/h4-10,15,19H,11-14,16-17H2,1-3H3/p+2/t19-/m0/s1. The highest BCUT2D eigenvalue weighted by Gasteiger charge is 2.28. The van der Waals surface area contributed by atoms with Crippen LogP contribution in [0.25, 0.3) is 10.2 Å². The maximum atomic E-state index is 12.9. The second-order valence-corrected chi connectivity index (χ2v) is 9.61. The van der Waals surface area contributed by atoms with E-state index in [1.807, 2.05) is 30.1 Å². The molecule has 0 spiro atoms. The normalized spacial score (nSPS) is 20.2. The van der Waals surface area contributed by atoms with Gasteiger partial charge in [-0.05, 0) is 26.0 Å². The minimum Gasteiger partial charge on any atom is -0.332 e. The zero-order valence-electron chi connectivity index (χ0n) is 18.1. The van der Waals surface area contributed by atoms with Crippen LogP contribution in [0.1, 0.15) is 29.1 Å². The Morgan fingerprint density at radius 3 is 2.57 bits per heavy atom. The Bertz CT molecular complexity index is 976. The predicted molar refractivity (Wildman–Crippen MR) is 122 cm³/mol. The molecule has 0 radical (unpaired) electrons. The van der Waals surface area contributed by atoms with Gasteiger partial charge in [-0.3, -0.25) is 4.79 Å². The van der Waals surface area contributed by atoms with Gasteiger partial charge >= 0.3 is 0 Å². The van der Waals surface area contributed by atoms with Crippen LogP contribution < -0.4 is 9.80 Å². The maximum Gasteiger partial charge on any atom is 0.278 e. The van der Waals surface area contributed by atoms with Crippen molar-refractivity contribution in [2.45, 2.75) is 26.4 Å². The van der Waals surface area contributed by atoms with Crippen LogP contribution in [0, 0.1) is 6.92 Å². The van der Waals surface area contributed by atoms with Crippen molar-refractivity contribution in [1.29, 1.82) is 0 Å². The smallest absolute Gasteiger partial charge is 0.278 e. The highest BCUT2D eigenvalue weighted by Crippen LogP contribution is 2.28. The van der Waals surface area contributed by atoms with Crippen molar-refractivity contribution in [3.05, 3.63) is 64.7 Å². The van der Waals surface area contributed by atoms with Crippen LogP contribution in [0.15, 0.2) is 48.5 Å². The third-order valence-electron chi connectivity index (χ3n) is 6.24. The molecule has 4 rings (SSSR count). The van der Waals surface area contributed by atoms with Crippen LogP contribution in [0.4, 0.5) is 0 Å². The Balaban J connectivity index is 1.28. The number of fused-ring (bicyclic) bond motifs is 1. The molecule has 0 unspecified atom stereocenters. The monoisotopic (exact) mass is 424 g/mol. The summed E-state index contributed by atoms with van der Waals surface area (Å²) in [6.07, 6.45) is 0. The number of aromatic nitrogens is 1. The van der Waals surface area contributed by atoms with Gasteiger partial charge in [0.15, 0.2) is 6.54 Å². The molecule has 0 aliphatic carbocycles. The van der Waals surface area contributed by atoms with E-state index in [1.165, 1.54) is 20.7 Å². The Kier molecular flexibility index (Phi) is 6.46. The van der Waals surface area contributed by atoms with Gasteiger partial charge in [-0.1, -0.05) is 42.0 Å². The summed E-state index contributed by atoms with van der Waals surface area (Å²) in [4.78, 5) is 22.5. The molecule has 158 valence electrons. The fourth-order valence-corrected chi connectivity index (χ4v) is 5.27. The van der Waals surface area contributed by atoms with Crippen molar-refractivity contribution < 1.29 is 14.6 Å². The summed E-state index contributed by atoms with van der Waals surface area (Å²) in [6.45, 7) is 10.2. The first-order valence-corrected chi connectivity index (χ1v) is 11.6. The third-order valence-corrected chi connectivity index (χ3v) is 7.45. The number of hydrogen-bond donors (Lipinski definition) is 2. The molecule has 1 saturated heterocycles. The lowest BCUT2D eigenvalue weighted by Gasteiger charge is -2.31. The lowest BCUT2D eigenvalue weighted by molar-refractivity contribution is -1.02. The van der Waals surface area contributed by atoms with E-state index in [1.54, 1.807) is 16.2 Å². The van der Waals surface area contributed by atoms with Gasteiger partial charge in [-0.2, -0.15) is 0 Å². The lowest BCUT2D eigenvalue weighted by atomic mass is 10.1. The molecule has 1 amide bonds. The van der Waals surface area contributed by atoms with E-state index in [2.05, 4.69) is 44.2 Å². The Labute approximate surface area is 182 Å². The van der Waals surface area contributed by atoms with Crippen LogP contribution in [-0.2, 0) is 11.3 Å². The largest absolute Gasteiger partial charge is 0.332 e. The number of carbonyl (C=O) groups is 1. The molecule has 1 atom stereocenters. The molecule has 0 saturated carbocycles. The molecule has 2 N–H and O–H groups in total. The van der Waals surface area contributed by atoms with Gasteiger partial charge in [0, 0.05) is 12.6 Å². The molecule has 1 aromatic heterocycles. The van der Waals surface area contributed by atoms with Crippen LogP contribution in [0.2, 0.25) is 0 Å². The first-order chi connectivity index (χ1) is 14.5. The molecule has 30 heavy (non-hydrogen) atoms. The van der Waals surface area contributed by atoms with Crippen molar-refractivity contribution in [2.24, 2.45) is 0 Å². The van der Waals surface area contributed by atoms with E-state index in [-0.39, 0.29) is 11.9 Å². The Hall–Kier alpha value is -2.28. The van der Waals surface area contributed by atoms with Crippen LogP contribution in [0.3, 0.4) is 0 Å². The first-order valence-electron chi connectivity index (χ1n) is 10.8. The minimum absolute atomic E-state index is 0.00235. The van der Waals surface area contributed by atoms with E-state index < -0.39 is 0 Å². The van der Waals surface area contributed by atoms with Gasteiger partial charge < -0.3 is 14.7 Å². The molecule has 0 bridgehead atoms. The maximum absolute atomic E-state index is 12.9. The number of quaternary nitrogens is 2. The Morgan fingerprint density at radius 2 is 1.83 bits per heavy atom. The van der Waals surface area contributed by atoms with Crippen LogP contribution in [0.5, 0.6) is 0 Å². The second kappa shape index (κ2) is 9.25. The SMILES string of the molecule is Cc1cccc(C[NH+]2CC[NH+](CC(=O)N(C)[C@@H](C)c3nc4ccccc4s3)CC2)c1. The summed E-state index contributed by atoms with van der Waals surface area (Å²) >= 11 is 1.68. The van der Waals surface area contributed by atoms with Gasteiger partial charge in [-0.15, -0.1) is 11.3 Å². The second-order valence-electron chi connectivity index (χ2n) is 8.54. The van der Waals surface area contributed by atoms with Crippen LogP contribution in [-0.4, -0.2) is 55.6 Å². The number of nitrogens with one attached hydrogen (secondary N) is 2. The van der Waals surface area contributed by atoms with Gasteiger partial charge in [-0.25, -0.2) is 4.98 Å². The van der Waals surface area contributed by atoms with E-state index in [0.29, 0.717) is 6.54 Å². The summed E-state index contributed by atoms with van der Waals surface area (Å²) in [6, 6.07) is 17.0. The first kappa shape index (κ1) is 21.0. The summed E-state index contributed by atoms with van der Waals surface area (Å²) in [5, 5.41) is 1.01. The highest BCUT2D eigenvalue weighted by atomic mass is 32.1. The van der Waals surface area contributed by atoms with Gasteiger partial charge in [0.05, 0.1) is 16.3 Å². The molecule has 3 aromatic rings. The molecular weight excluding hydrogens is 392 g/mol. The van der Waals surface area contributed by atoms with Gasteiger partial charge in [0.1, 0.15) is 37.7 Å². The zero-order chi connectivity index (χ0) is 21.1. The quantitative estimate of drug-likeness (QED) is 0.623. The summed E-state index contributed by atoms with van der Waals surface area (Å²) in [5.74, 6) is 0.207. The van der Waals surface area contributed by atoms with Crippen molar-refractivity contribution in [3.8, 4) is 0 Å². The molecule has 1 aliphatic rings. The number of piperazine rings is 1. The lowest BCUT2D eigenvalue weighted by Crippen LogP contribution is -3.28. The number of nitrogens with zero attached hydrogens (tertiary/aromatic N) is 2. The number of carbonyl (C=O) groups excluding carboxylic acids is 1. The number of para-hydroxylation sites is 1. The number of aryl methyl sites for hydroxylation is 1. The number of benzene rings is 2. The van der Waals surface area contributed by atoms with E-state index in [9.17, 15) is 4.79 Å². The summed E-state index contributed by atoms with van der Waals surface area (Å²) < 4.78 is 1.18. The number of rotatable bonds is 6. The fraction of sp³-hybridized carbons (Fsp3) is 0.417. The molecule has 2 heterocycles. The number of likely N-dealkylation sites (N-methyl/N-ethyl adjacent to an activating group) is 1.